The van der Waals surface area contributed by atoms with Crippen molar-refractivity contribution in [2.45, 2.75) is 19.8 Å². The lowest BCUT2D eigenvalue weighted by Gasteiger charge is -2.36. The third-order valence-corrected chi connectivity index (χ3v) is 5.64. The predicted molar refractivity (Wildman–Crippen MR) is 96.6 cm³/mol. The van der Waals surface area contributed by atoms with Crippen molar-refractivity contribution in [3.8, 4) is 23.0 Å². The summed E-state index contributed by atoms with van der Waals surface area (Å²) in [6.07, 6.45) is 0. The van der Waals surface area contributed by atoms with Gasteiger partial charge in [0.25, 0.3) is 0 Å². The molecule has 1 aliphatic heterocycles. The molecule has 2 aliphatic rings. The van der Waals surface area contributed by atoms with Crippen molar-refractivity contribution in [1.29, 1.82) is 0 Å². The summed E-state index contributed by atoms with van der Waals surface area (Å²) in [7, 11) is 3.19. The fourth-order valence-electron chi connectivity index (χ4n) is 4.01. The summed E-state index contributed by atoms with van der Waals surface area (Å²) in [4.78, 5) is 12.9. The summed E-state index contributed by atoms with van der Waals surface area (Å²) in [5.74, 6) is 2.98. The summed E-state index contributed by atoms with van der Waals surface area (Å²) < 4.78 is 21.9. The first-order chi connectivity index (χ1) is 12.5. The molecule has 3 atom stereocenters. The van der Waals surface area contributed by atoms with Crippen LogP contribution in [0.3, 0.4) is 0 Å². The Labute approximate surface area is 152 Å². The molecule has 1 aliphatic carbocycles. The molecule has 26 heavy (non-hydrogen) atoms. The number of fused-ring (bicyclic) bond motifs is 2. The molecule has 2 aromatic carbocycles. The second-order valence-corrected chi connectivity index (χ2v) is 6.90. The maximum Gasteiger partial charge on any atom is 0.231 e. The van der Waals surface area contributed by atoms with E-state index in [1.807, 2.05) is 25.1 Å². The highest BCUT2D eigenvalue weighted by atomic mass is 16.7. The summed E-state index contributed by atoms with van der Waals surface area (Å²) in [5.41, 5.74) is 2.78. The van der Waals surface area contributed by atoms with Gasteiger partial charge >= 0.3 is 0 Å². The van der Waals surface area contributed by atoms with Gasteiger partial charge in [0.1, 0.15) is 0 Å². The number of ketones is 1. The van der Waals surface area contributed by atoms with E-state index in [2.05, 4.69) is 13.0 Å². The van der Waals surface area contributed by atoms with E-state index in [0.717, 1.165) is 22.6 Å². The maximum atomic E-state index is 12.9. The Hall–Kier alpha value is -2.69. The van der Waals surface area contributed by atoms with Crippen molar-refractivity contribution in [2.75, 3.05) is 21.0 Å². The molecule has 0 unspecified atom stereocenters. The molecule has 0 aromatic heterocycles. The minimum atomic E-state index is -0.0870. The van der Waals surface area contributed by atoms with Crippen LogP contribution < -0.4 is 18.9 Å². The SMILES string of the molecule is COc1cc2c(cc1OC)[C@@H](c1ccc3c(c1)OCO3)[C@@H](C)[C@H](C)C2=O. The Morgan fingerprint density at radius 1 is 0.962 bits per heavy atom. The second-order valence-electron chi connectivity index (χ2n) is 6.90. The number of Topliss-reactive ketones (excluding diaryl/α,β-unsaturated/α-hetero) is 1. The number of methoxy groups -OCH3 is 2. The van der Waals surface area contributed by atoms with Crippen molar-refractivity contribution in [2.24, 2.45) is 11.8 Å². The molecule has 0 bridgehead atoms. The Morgan fingerprint density at radius 3 is 2.38 bits per heavy atom. The van der Waals surface area contributed by atoms with Crippen molar-refractivity contribution < 1.29 is 23.7 Å². The van der Waals surface area contributed by atoms with Gasteiger partial charge in [0.2, 0.25) is 6.79 Å². The number of carbonyl (C=O) groups is 1. The van der Waals surface area contributed by atoms with Gasteiger partial charge in [-0.3, -0.25) is 4.79 Å². The highest BCUT2D eigenvalue weighted by molar-refractivity contribution is 6.01. The van der Waals surface area contributed by atoms with Crippen LogP contribution in [-0.2, 0) is 0 Å². The van der Waals surface area contributed by atoms with E-state index in [-0.39, 0.29) is 30.3 Å². The number of hydrogen-bond donors (Lipinski definition) is 0. The lowest BCUT2D eigenvalue weighted by molar-refractivity contribution is 0.0865. The fraction of sp³-hybridized carbons (Fsp3) is 0.381. The Morgan fingerprint density at radius 2 is 1.65 bits per heavy atom. The van der Waals surface area contributed by atoms with Gasteiger partial charge < -0.3 is 18.9 Å². The van der Waals surface area contributed by atoms with Crippen LogP contribution >= 0.6 is 0 Å². The van der Waals surface area contributed by atoms with E-state index in [4.69, 9.17) is 18.9 Å². The van der Waals surface area contributed by atoms with Gasteiger partial charge in [0.15, 0.2) is 28.8 Å². The van der Waals surface area contributed by atoms with Gasteiger partial charge in [-0.2, -0.15) is 0 Å². The van der Waals surface area contributed by atoms with Crippen LogP contribution in [0.5, 0.6) is 23.0 Å². The maximum absolute atomic E-state index is 12.9. The minimum Gasteiger partial charge on any atom is -0.493 e. The molecule has 5 nitrogen and oxygen atoms in total. The monoisotopic (exact) mass is 354 g/mol. The average molecular weight is 354 g/mol. The Kier molecular flexibility index (Phi) is 4.02. The number of hydrogen-bond acceptors (Lipinski definition) is 5. The van der Waals surface area contributed by atoms with Gasteiger partial charge in [-0.15, -0.1) is 0 Å². The Balaban J connectivity index is 1.90. The average Bonchev–Trinajstić information content (AvgIpc) is 3.13. The molecule has 5 heteroatoms. The van der Waals surface area contributed by atoms with Crippen LogP contribution in [0.2, 0.25) is 0 Å². The van der Waals surface area contributed by atoms with Crippen LogP contribution in [0.15, 0.2) is 30.3 Å². The van der Waals surface area contributed by atoms with Crippen LogP contribution in [0.25, 0.3) is 0 Å². The summed E-state index contributed by atoms with van der Waals surface area (Å²) >= 11 is 0. The number of benzene rings is 2. The largest absolute Gasteiger partial charge is 0.493 e. The molecule has 0 N–H and O–H groups in total. The van der Waals surface area contributed by atoms with Gasteiger partial charge in [-0.25, -0.2) is 0 Å². The third kappa shape index (κ3) is 2.42. The number of ether oxygens (including phenoxy) is 4. The van der Waals surface area contributed by atoms with Crippen LogP contribution in [0.4, 0.5) is 0 Å². The van der Waals surface area contributed by atoms with E-state index in [1.165, 1.54) is 0 Å². The zero-order valence-electron chi connectivity index (χ0n) is 15.4. The molecule has 2 aromatic rings. The van der Waals surface area contributed by atoms with Gasteiger partial charge in [-0.05, 0) is 41.3 Å². The number of rotatable bonds is 3. The molecule has 0 radical (unpaired) electrons. The topological polar surface area (TPSA) is 54.0 Å². The van der Waals surface area contributed by atoms with Crippen molar-refractivity contribution >= 4 is 5.78 Å². The Bertz CT molecular complexity index is 873. The quantitative estimate of drug-likeness (QED) is 0.833. The molecule has 0 amide bonds. The fourth-order valence-corrected chi connectivity index (χ4v) is 4.01. The first kappa shape index (κ1) is 16.8. The van der Waals surface area contributed by atoms with Crippen LogP contribution in [0.1, 0.15) is 41.3 Å². The van der Waals surface area contributed by atoms with Crippen molar-refractivity contribution in [3.05, 3.63) is 47.0 Å². The van der Waals surface area contributed by atoms with Crippen LogP contribution in [-0.4, -0.2) is 26.8 Å². The first-order valence-corrected chi connectivity index (χ1v) is 8.74. The molecular weight excluding hydrogens is 332 g/mol. The van der Waals surface area contributed by atoms with E-state index in [9.17, 15) is 4.79 Å². The number of carbonyl (C=O) groups excluding carboxylic acids is 1. The second kappa shape index (κ2) is 6.24. The van der Waals surface area contributed by atoms with Crippen LogP contribution in [0, 0.1) is 11.8 Å². The zero-order valence-corrected chi connectivity index (χ0v) is 15.4. The van der Waals surface area contributed by atoms with E-state index < -0.39 is 0 Å². The zero-order chi connectivity index (χ0) is 18.4. The van der Waals surface area contributed by atoms with Gasteiger partial charge in [-0.1, -0.05) is 19.9 Å². The lowest BCUT2D eigenvalue weighted by atomic mass is 9.67. The highest BCUT2D eigenvalue weighted by Crippen LogP contribution is 2.48. The molecule has 136 valence electrons. The molecule has 0 spiro atoms. The van der Waals surface area contributed by atoms with E-state index in [1.54, 1.807) is 20.3 Å². The third-order valence-electron chi connectivity index (χ3n) is 5.64. The summed E-state index contributed by atoms with van der Waals surface area (Å²) in [5, 5.41) is 0. The summed E-state index contributed by atoms with van der Waals surface area (Å²) in [6.45, 7) is 4.36. The van der Waals surface area contributed by atoms with Gasteiger partial charge in [0, 0.05) is 17.4 Å². The molecule has 0 fully saturated rings. The van der Waals surface area contributed by atoms with Crippen molar-refractivity contribution in [1.82, 2.24) is 0 Å². The first-order valence-electron chi connectivity index (χ1n) is 8.74. The highest BCUT2D eigenvalue weighted by Gasteiger charge is 2.39. The standard InChI is InChI=1S/C21H22O5/c1-11-12(2)21(22)15-9-18(24-4)17(23-3)8-14(15)20(11)13-5-6-16-19(7-13)26-10-25-16/h5-9,11-12,20H,10H2,1-4H3/t11-,12-,20+/m0/s1. The normalized spacial score (nSPS) is 23.5. The molecule has 4 rings (SSSR count). The minimum absolute atomic E-state index is 0.0620. The molecule has 0 saturated heterocycles. The van der Waals surface area contributed by atoms with E-state index in [0.29, 0.717) is 17.1 Å². The van der Waals surface area contributed by atoms with Crippen molar-refractivity contribution in [3.63, 3.8) is 0 Å². The van der Waals surface area contributed by atoms with E-state index >= 15 is 0 Å². The smallest absolute Gasteiger partial charge is 0.231 e. The molecular formula is C21H22O5. The van der Waals surface area contributed by atoms with Gasteiger partial charge in [0.05, 0.1) is 14.2 Å². The summed E-state index contributed by atoms with van der Waals surface area (Å²) in [6, 6.07) is 9.75. The molecule has 0 saturated carbocycles. The lowest BCUT2D eigenvalue weighted by Crippen LogP contribution is -2.32. The predicted octanol–water partition coefficient (Wildman–Crippen LogP) is 4.03. The molecule has 1 heterocycles.